The second kappa shape index (κ2) is 8.28. The van der Waals surface area contributed by atoms with Crippen LogP contribution in [0.25, 0.3) is 0 Å². The zero-order valence-electron chi connectivity index (χ0n) is 12.9. The zero-order chi connectivity index (χ0) is 15.0. The normalized spacial score (nSPS) is 16.3. The first-order valence-corrected chi connectivity index (χ1v) is 8.04. The molecule has 0 atom stereocenters. The Labute approximate surface area is 122 Å². The van der Waals surface area contributed by atoms with Gasteiger partial charge in [0.15, 0.2) is 0 Å². The topological polar surface area (TPSA) is 66.4 Å². The van der Waals surface area contributed by atoms with Gasteiger partial charge in [-0.05, 0) is 31.6 Å². The summed E-state index contributed by atoms with van der Waals surface area (Å²) in [4.78, 5) is 23.2. The van der Waals surface area contributed by atoms with Gasteiger partial charge in [0.1, 0.15) is 0 Å². The summed E-state index contributed by atoms with van der Waals surface area (Å²) in [6, 6.07) is 0. The second-order valence-corrected chi connectivity index (χ2v) is 6.11. The molecule has 2 N–H and O–H groups in total. The minimum Gasteiger partial charge on any atom is -0.481 e. The number of carbonyl (C=O) groups is 2. The fourth-order valence-electron chi connectivity index (χ4n) is 3.17. The monoisotopic (exact) mass is 283 g/mol. The predicted molar refractivity (Wildman–Crippen MR) is 79.5 cm³/mol. The average molecular weight is 283 g/mol. The molecule has 0 radical (unpaired) electrons. The highest BCUT2D eigenvalue weighted by Crippen LogP contribution is 2.31. The van der Waals surface area contributed by atoms with E-state index in [0.29, 0.717) is 19.4 Å². The Kier molecular flexibility index (Phi) is 7.03. The molecule has 116 valence electrons. The van der Waals surface area contributed by atoms with Crippen LogP contribution in [0.3, 0.4) is 0 Å². The summed E-state index contributed by atoms with van der Waals surface area (Å²) in [6.07, 6.45) is 8.65. The van der Waals surface area contributed by atoms with Crippen LogP contribution >= 0.6 is 0 Å². The van der Waals surface area contributed by atoms with Crippen molar-refractivity contribution in [3.8, 4) is 0 Å². The van der Waals surface area contributed by atoms with Gasteiger partial charge in [0.05, 0.1) is 5.41 Å². The molecular weight excluding hydrogens is 254 g/mol. The van der Waals surface area contributed by atoms with Gasteiger partial charge in [-0.1, -0.05) is 39.5 Å². The van der Waals surface area contributed by atoms with E-state index in [1.807, 2.05) is 13.8 Å². The first-order chi connectivity index (χ1) is 9.54. The number of carboxylic acids is 1. The Balaban J connectivity index is 2.25. The number of hydrogen-bond donors (Lipinski definition) is 2. The molecule has 0 aliphatic heterocycles. The Bertz CT molecular complexity index is 318. The van der Waals surface area contributed by atoms with Gasteiger partial charge >= 0.3 is 5.97 Å². The maximum atomic E-state index is 11.9. The van der Waals surface area contributed by atoms with E-state index >= 15 is 0 Å². The van der Waals surface area contributed by atoms with Crippen molar-refractivity contribution >= 4 is 11.9 Å². The Morgan fingerprint density at radius 1 is 1.20 bits per heavy atom. The lowest BCUT2D eigenvalue weighted by atomic mass is 9.79. The standard InChI is InChI=1S/C16H29NO3/c1-3-16(4-2,15(19)20)12-14(18)17-11-7-10-13-8-5-6-9-13/h13H,3-12H2,1-2H3,(H,17,18)(H,19,20). The highest BCUT2D eigenvalue weighted by Gasteiger charge is 2.36. The van der Waals surface area contributed by atoms with Gasteiger partial charge in [0.25, 0.3) is 0 Å². The van der Waals surface area contributed by atoms with Crippen LogP contribution in [-0.2, 0) is 9.59 Å². The fraction of sp³-hybridized carbons (Fsp3) is 0.875. The number of nitrogens with one attached hydrogen (secondary N) is 1. The molecule has 0 unspecified atom stereocenters. The average Bonchev–Trinajstić information content (AvgIpc) is 2.94. The third-order valence-corrected chi connectivity index (χ3v) is 4.89. The lowest BCUT2D eigenvalue weighted by Gasteiger charge is -2.25. The van der Waals surface area contributed by atoms with Gasteiger partial charge in [0, 0.05) is 13.0 Å². The molecule has 0 saturated heterocycles. The van der Waals surface area contributed by atoms with Gasteiger partial charge in [-0.15, -0.1) is 0 Å². The molecule has 1 aliphatic rings. The number of rotatable bonds is 9. The first-order valence-electron chi connectivity index (χ1n) is 8.04. The molecule has 0 spiro atoms. The highest BCUT2D eigenvalue weighted by molar-refractivity contribution is 5.84. The number of amides is 1. The molecule has 0 aromatic rings. The van der Waals surface area contributed by atoms with Crippen LogP contribution in [0, 0.1) is 11.3 Å². The van der Waals surface area contributed by atoms with E-state index in [2.05, 4.69) is 5.32 Å². The van der Waals surface area contributed by atoms with Crippen LogP contribution in [0.1, 0.15) is 71.6 Å². The van der Waals surface area contributed by atoms with E-state index in [-0.39, 0.29) is 12.3 Å². The first kappa shape index (κ1) is 17.0. The van der Waals surface area contributed by atoms with Crippen LogP contribution < -0.4 is 5.32 Å². The van der Waals surface area contributed by atoms with Crippen LogP contribution in [-0.4, -0.2) is 23.5 Å². The van der Waals surface area contributed by atoms with E-state index in [9.17, 15) is 14.7 Å². The number of carboxylic acid groups (broad SMARTS) is 1. The Morgan fingerprint density at radius 2 is 1.80 bits per heavy atom. The highest BCUT2D eigenvalue weighted by atomic mass is 16.4. The van der Waals surface area contributed by atoms with E-state index < -0.39 is 11.4 Å². The van der Waals surface area contributed by atoms with E-state index in [1.165, 1.54) is 32.1 Å². The van der Waals surface area contributed by atoms with Gasteiger partial charge in [-0.2, -0.15) is 0 Å². The van der Waals surface area contributed by atoms with Crippen LogP contribution in [0.5, 0.6) is 0 Å². The maximum Gasteiger partial charge on any atom is 0.310 e. The van der Waals surface area contributed by atoms with E-state index in [1.54, 1.807) is 0 Å². The van der Waals surface area contributed by atoms with Crippen LogP contribution in [0.2, 0.25) is 0 Å². The largest absolute Gasteiger partial charge is 0.481 e. The van der Waals surface area contributed by atoms with Crippen LogP contribution in [0.15, 0.2) is 0 Å². The summed E-state index contributed by atoms with van der Waals surface area (Å²) in [5, 5.41) is 12.2. The van der Waals surface area contributed by atoms with Crippen molar-refractivity contribution in [2.75, 3.05) is 6.54 Å². The third kappa shape index (κ3) is 4.80. The molecule has 0 heterocycles. The molecule has 1 aliphatic carbocycles. The molecule has 1 rings (SSSR count). The third-order valence-electron chi connectivity index (χ3n) is 4.89. The van der Waals surface area contributed by atoms with E-state index in [0.717, 1.165) is 12.3 Å². The molecular formula is C16H29NO3. The number of hydrogen-bond acceptors (Lipinski definition) is 2. The number of aliphatic carboxylic acids is 1. The second-order valence-electron chi connectivity index (χ2n) is 6.11. The molecule has 0 aromatic heterocycles. The minimum atomic E-state index is -0.893. The van der Waals surface area contributed by atoms with Crippen LogP contribution in [0.4, 0.5) is 0 Å². The number of carbonyl (C=O) groups excluding carboxylic acids is 1. The Hall–Kier alpha value is -1.06. The fourth-order valence-corrected chi connectivity index (χ4v) is 3.17. The van der Waals surface area contributed by atoms with Crippen molar-refractivity contribution in [2.45, 2.75) is 71.6 Å². The van der Waals surface area contributed by atoms with Gasteiger partial charge in [-0.3, -0.25) is 9.59 Å². The molecule has 4 heteroatoms. The quantitative estimate of drug-likeness (QED) is 0.638. The maximum absolute atomic E-state index is 11.9. The molecule has 4 nitrogen and oxygen atoms in total. The van der Waals surface area contributed by atoms with E-state index in [4.69, 9.17) is 0 Å². The lowest BCUT2D eigenvalue weighted by Crippen LogP contribution is -2.37. The predicted octanol–water partition coefficient (Wildman–Crippen LogP) is 3.35. The van der Waals surface area contributed by atoms with Crippen molar-refractivity contribution in [2.24, 2.45) is 11.3 Å². The molecule has 1 fully saturated rings. The van der Waals surface area contributed by atoms with Crippen molar-refractivity contribution in [1.29, 1.82) is 0 Å². The van der Waals surface area contributed by atoms with Gasteiger partial charge in [0.2, 0.25) is 5.91 Å². The summed E-state index contributed by atoms with van der Waals surface area (Å²) < 4.78 is 0. The molecule has 1 saturated carbocycles. The van der Waals surface area contributed by atoms with Gasteiger partial charge < -0.3 is 10.4 Å². The smallest absolute Gasteiger partial charge is 0.310 e. The minimum absolute atomic E-state index is 0.0960. The van der Waals surface area contributed by atoms with Crippen molar-refractivity contribution in [1.82, 2.24) is 5.32 Å². The zero-order valence-corrected chi connectivity index (χ0v) is 12.9. The molecule has 1 amide bonds. The van der Waals surface area contributed by atoms with Crippen molar-refractivity contribution < 1.29 is 14.7 Å². The molecule has 20 heavy (non-hydrogen) atoms. The SMILES string of the molecule is CCC(CC)(CC(=O)NCCCC1CCCC1)C(=O)O. The van der Waals surface area contributed by atoms with Crippen molar-refractivity contribution in [3.05, 3.63) is 0 Å². The summed E-state index contributed by atoms with van der Waals surface area (Å²) in [6.45, 7) is 4.36. The summed E-state index contributed by atoms with van der Waals surface area (Å²) >= 11 is 0. The lowest BCUT2D eigenvalue weighted by molar-refractivity contribution is -0.152. The summed E-state index contributed by atoms with van der Waals surface area (Å²) in [5.41, 5.74) is -0.893. The molecule has 0 bridgehead atoms. The summed E-state index contributed by atoms with van der Waals surface area (Å²) in [5.74, 6) is -0.137. The van der Waals surface area contributed by atoms with Crippen molar-refractivity contribution in [3.63, 3.8) is 0 Å². The Morgan fingerprint density at radius 3 is 2.30 bits per heavy atom. The summed E-state index contributed by atoms with van der Waals surface area (Å²) in [7, 11) is 0. The van der Waals surface area contributed by atoms with Gasteiger partial charge in [-0.25, -0.2) is 0 Å². The molecule has 0 aromatic carbocycles.